The second kappa shape index (κ2) is 8.34. The maximum absolute atomic E-state index is 13.1. The van der Waals surface area contributed by atoms with Crippen LogP contribution in [0.25, 0.3) is 0 Å². The first-order valence-corrected chi connectivity index (χ1v) is 9.51. The molecule has 0 fully saturated rings. The molecule has 0 bridgehead atoms. The van der Waals surface area contributed by atoms with Crippen molar-refractivity contribution in [2.45, 2.75) is 27.7 Å². The lowest BCUT2D eigenvalue weighted by Crippen LogP contribution is -2.11. The van der Waals surface area contributed by atoms with Crippen LogP contribution in [0, 0.1) is 13.8 Å². The molecule has 0 aliphatic carbocycles. The van der Waals surface area contributed by atoms with Crippen molar-refractivity contribution in [3.8, 4) is 0 Å². The minimum atomic E-state index is -3.41. The smallest absolute Gasteiger partial charge is 0.305 e. The van der Waals surface area contributed by atoms with Crippen molar-refractivity contribution in [2.24, 2.45) is 10.2 Å². The fourth-order valence-electron chi connectivity index (χ4n) is 2.26. The van der Waals surface area contributed by atoms with Gasteiger partial charge in [-0.05, 0) is 63.1 Å². The summed E-state index contributed by atoms with van der Waals surface area (Å²) < 4.78 is 23.9. The summed E-state index contributed by atoms with van der Waals surface area (Å²) in [6.07, 6.45) is 0. The van der Waals surface area contributed by atoms with Crippen LogP contribution in [0.1, 0.15) is 25.0 Å². The highest BCUT2D eigenvalue weighted by Crippen LogP contribution is 2.49. The molecule has 0 unspecified atom stereocenters. The molecule has 6 heteroatoms. The Bertz CT molecular complexity index is 765. The SMILES string of the molecule is CCOP(=O)(OCC)c1ccc(C)cc1N=Nc1cccc(C)c1. The van der Waals surface area contributed by atoms with Crippen LogP contribution in [0.3, 0.4) is 0 Å². The van der Waals surface area contributed by atoms with Crippen molar-refractivity contribution in [3.05, 3.63) is 53.6 Å². The number of nitrogens with zero attached hydrogens (tertiary/aromatic N) is 2. The minimum Gasteiger partial charge on any atom is -0.305 e. The largest absolute Gasteiger partial charge is 0.363 e. The summed E-state index contributed by atoms with van der Waals surface area (Å²) in [4.78, 5) is 0. The zero-order chi connectivity index (χ0) is 17.6. The van der Waals surface area contributed by atoms with Gasteiger partial charge in [-0.2, -0.15) is 5.11 Å². The van der Waals surface area contributed by atoms with Crippen LogP contribution in [0.2, 0.25) is 0 Å². The van der Waals surface area contributed by atoms with Gasteiger partial charge in [0, 0.05) is 0 Å². The highest BCUT2D eigenvalue weighted by molar-refractivity contribution is 7.62. The van der Waals surface area contributed by atoms with Gasteiger partial charge in [-0.3, -0.25) is 4.57 Å². The molecule has 0 amide bonds. The van der Waals surface area contributed by atoms with E-state index in [0.29, 0.717) is 24.2 Å². The number of azo groups is 1. The second-order valence-corrected chi connectivity index (χ2v) is 7.36. The number of hydrogen-bond acceptors (Lipinski definition) is 5. The maximum Gasteiger partial charge on any atom is 0.363 e. The monoisotopic (exact) mass is 346 g/mol. The van der Waals surface area contributed by atoms with Crippen LogP contribution in [0.15, 0.2) is 52.7 Å². The Labute approximate surface area is 143 Å². The summed E-state index contributed by atoms with van der Waals surface area (Å²) in [5, 5.41) is 9.01. The van der Waals surface area contributed by atoms with E-state index in [9.17, 15) is 4.57 Å². The molecule has 128 valence electrons. The van der Waals surface area contributed by atoms with Crippen molar-refractivity contribution >= 4 is 24.3 Å². The molecule has 0 N–H and O–H groups in total. The Hall–Kier alpha value is -1.81. The van der Waals surface area contributed by atoms with E-state index in [1.54, 1.807) is 19.9 Å². The van der Waals surface area contributed by atoms with Gasteiger partial charge in [0.25, 0.3) is 0 Å². The van der Waals surface area contributed by atoms with E-state index in [2.05, 4.69) is 10.2 Å². The van der Waals surface area contributed by atoms with Gasteiger partial charge >= 0.3 is 7.60 Å². The van der Waals surface area contributed by atoms with Gasteiger partial charge in [-0.25, -0.2) is 0 Å². The highest BCUT2D eigenvalue weighted by Gasteiger charge is 2.29. The Morgan fingerprint density at radius 1 is 0.917 bits per heavy atom. The normalized spacial score (nSPS) is 12.0. The second-order valence-electron chi connectivity index (χ2n) is 5.36. The van der Waals surface area contributed by atoms with Gasteiger partial charge < -0.3 is 9.05 Å². The average Bonchev–Trinajstić information content (AvgIpc) is 2.53. The van der Waals surface area contributed by atoms with Crippen LogP contribution >= 0.6 is 7.60 Å². The van der Waals surface area contributed by atoms with E-state index < -0.39 is 7.60 Å². The molecule has 0 aliphatic rings. The summed E-state index contributed by atoms with van der Waals surface area (Å²) in [6.45, 7) is 8.10. The van der Waals surface area contributed by atoms with Crippen LogP contribution in [0.4, 0.5) is 11.4 Å². The lowest BCUT2D eigenvalue weighted by molar-refractivity contribution is 0.230. The predicted molar refractivity (Wildman–Crippen MR) is 97.0 cm³/mol. The minimum absolute atomic E-state index is 0.291. The van der Waals surface area contributed by atoms with Crippen molar-refractivity contribution < 1.29 is 13.6 Å². The Kier molecular flexibility index (Phi) is 6.44. The summed E-state index contributed by atoms with van der Waals surface area (Å²) in [5.41, 5.74) is 3.34. The number of aryl methyl sites for hydroxylation is 2. The van der Waals surface area contributed by atoms with Crippen molar-refractivity contribution in [3.63, 3.8) is 0 Å². The lowest BCUT2D eigenvalue weighted by atomic mass is 10.2. The Balaban J connectivity index is 2.45. The third-order valence-corrected chi connectivity index (χ3v) is 5.46. The zero-order valence-electron chi connectivity index (χ0n) is 14.5. The molecule has 24 heavy (non-hydrogen) atoms. The van der Waals surface area contributed by atoms with Crippen LogP contribution < -0.4 is 5.30 Å². The number of benzene rings is 2. The van der Waals surface area contributed by atoms with E-state index in [1.807, 2.05) is 50.2 Å². The Morgan fingerprint density at radius 3 is 2.21 bits per heavy atom. The standard InChI is InChI=1S/C18H23N2O3P/c1-5-22-24(21,23-6-2)18-11-10-15(4)13-17(18)20-19-16-9-7-8-14(3)12-16/h7-13H,5-6H2,1-4H3. The van der Waals surface area contributed by atoms with Crippen LogP contribution in [0.5, 0.6) is 0 Å². The van der Waals surface area contributed by atoms with E-state index in [0.717, 1.165) is 16.8 Å². The van der Waals surface area contributed by atoms with Crippen molar-refractivity contribution in [1.82, 2.24) is 0 Å². The van der Waals surface area contributed by atoms with Crippen molar-refractivity contribution in [2.75, 3.05) is 13.2 Å². The van der Waals surface area contributed by atoms with E-state index in [-0.39, 0.29) is 0 Å². The van der Waals surface area contributed by atoms with E-state index >= 15 is 0 Å². The number of rotatable bonds is 7. The quantitative estimate of drug-likeness (QED) is 0.483. The lowest BCUT2D eigenvalue weighted by Gasteiger charge is -2.18. The van der Waals surface area contributed by atoms with Gasteiger partial charge in [0.05, 0.1) is 24.2 Å². The van der Waals surface area contributed by atoms with Crippen LogP contribution in [-0.2, 0) is 13.6 Å². The molecule has 0 atom stereocenters. The first-order valence-electron chi connectivity index (χ1n) is 7.97. The number of hydrogen-bond donors (Lipinski definition) is 0. The third kappa shape index (κ3) is 4.60. The molecule has 5 nitrogen and oxygen atoms in total. The molecule has 2 rings (SSSR count). The van der Waals surface area contributed by atoms with Crippen LogP contribution in [-0.4, -0.2) is 13.2 Å². The fraction of sp³-hybridized carbons (Fsp3) is 0.333. The molecule has 0 aliphatic heterocycles. The summed E-state index contributed by atoms with van der Waals surface area (Å²) in [6, 6.07) is 13.2. The van der Waals surface area contributed by atoms with Gasteiger partial charge in [-0.1, -0.05) is 18.2 Å². The molecule has 0 radical (unpaired) electrons. The summed E-state index contributed by atoms with van der Waals surface area (Å²) in [7, 11) is -3.41. The fourth-order valence-corrected chi connectivity index (χ4v) is 3.94. The highest BCUT2D eigenvalue weighted by atomic mass is 31.2. The Morgan fingerprint density at radius 2 is 1.58 bits per heavy atom. The van der Waals surface area contributed by atoms with E-state index in [4.69, 9.17) is 9.05 Å². The topological polar surface area (TPSA) is 60.2 Å². The van der Waals surface area contributed by atoms with E-state index in [1.165, 1.54) is 0 Å². The molecule has 0 saturated carbocycles. The predicted octanol–water partition coefficient (Wildman–Crippen LogP) is 5.61. The molecule has 2 aromatic carbocycles. The van der Waals surface area contributed by atoms with Crippen molar-refractivity contribution in [1.29, 1.82) is 0 Å². The van der Waals surface area contributed by atoms with Gasteiger partial charge in [0.2, 0.25) is 0 Å². The zero-order valence-corrected chi connectivity index (χ0v) is 15.4. The molecule has 0 saturated heterocycles. The molecular formula is C18H23N2O3P. The first kappa shape index (κ1) is 18.5. The van der Waals surface area contributed by atoms with Gasteiger partial charge in [-0.15, -0.1) is 5.11 Å². The maximum atomic E-state index is 13.1. The molecular weight excluding hydrogens is 323 g/mol. The molecule has 0 aromatic heterocycles. The summed E-state index contributed by atoms with van der Waals surface area (Å²) in [5.74, 6) is 0. The third-order valence-electron chi connectivity index (χ3n) is 3.30. The molecule has 0 heterocycles. The molecule has 0 spiro atoms. The van der Waals surface area contributed by atoms with Gasteiger partial charge in [0.15, 0.2) is 0 Å². The summed E-state index contributed by atoms with van der Waals surface area (Å²) >= 11 is 0. The molecule has 2 aromatic rings. The van der Waals surface area contributed by atoms with Gasteiger partial charge in [0.1, 0.15) is 5.69 Å². The average molecular weight is 346 g/mol. The first-order chi connectivity index (χ1) is 11.5.